The molecule has 1 fully saturated rings. The van der Waals surface area contributed by atoms with Crippen LogP contribution in [0.2, 0.25) is 0 Å². The van der Waals surface area contributed by atoms with Gasteiger partial charge >= 0.3 is 0 Å². The van der Waals surface area contributed by atoms with Crippen molar-refractivity contribution in [1.29, 1.82) is 0 Å². The summed E-state index contributed by atoms with van der Waals surface area (Å²) in [7, 11) is 4.07. The van der Waals surface area contributed by atoms with E-state index in [0.29, 0.717) is 71.1 Å². The van der Waals surface area contributed by atoms with E-state index in [1.54, 1.807) is 46.1 Å². The summed E-state index contributed by atoms with van der Waals surface area (Å²) in [6.45, 7) is 3.20. The zero-order chi connectivity index (χ0) is 32.8. The molecule has 2 aromatic heterocycles. The summed E-state index contributed by atoms with van der Waals surface area (Å²) in [6.07, 6.45) is 1.44. The summed E-state index contributed by atoms with van der Waals surface area (Å²) in [5.74, 6) is 2.14. The number of piperazine rings is 1. The van der Waals surface area contributed by atoms with Crippen molar-refractivity contribution in [2.45, 2.75) is 17.1 Å². The van der Waals surface area contributed by atoms with Crippen LogP contribution < -0.4 is 33.8 Å². The molecule has 2 aromatic carbocycles. The Kier molecular flexibility index (Phi) is 10.6. The average molecular weight is 675 g/mol. The van der Waals surface area contributed by atoms with Gasteiger partial charge in [-0.05, 0) is 43.0 Å². The molecule has 1 aliphatic rings. The summed E-state index contributed by atoms with van der Waals surface area (Å²) < 4.78 is 67.6. The maximum Gasteiger partial charge on any atom is 0.252 e. The van der Waals surface area contributed by atoms with Gasteiger partial charge in [-0.1, -0.05) is 6.07 Å². The lowest BCUT2D eigenvalue weighted by atomic mass is 10.1. The number of methoxy groups -OCH3 is 5. The SMILES string of the molecule is COc1cc(OC)c2c(=O)c(OCCCCN3CCN(S(=O)(=O)c4cccs4)CC3)c(-c3cc(OC)c(OC)c(OC)c3)oc2c1. The van der Waals surface area contributed by atoms with Gasteiger partial charge in [0.25, 0.3) is 10.0 Å². The number of hydrogen-bond acceptors (Lipinski definition) is 12. The van der Waals surface area contributed by atoms with Crippen molar-refractivity contribution in [3.63, 3.8) is 0 Å². The molecule has 248 valence electrons. The Morgan fingerprint density at radius 3 is 2.11 bits per heavy atom. The van der Waals surface area contributed by atoms with Crippen LogP contribution in [0.4, 0.5) is 0 Å². The first-order valence-corrected chi connectivity index (χ1v) is 17.0. The molecule has 0 spiro atoms. The van der Waals surface area contributed by atoms with E-state index in [1.807, 2.05) is 0 Å². The summed E-state index contributed by atoms with van der Waals surface area (Å²) >= 11 is 1.23. The van der Waals surface area contributed by atoms with Gasteiger partial charge in [0.1, 0.15) is 26.7 Å². The Hall–Kier alpha value is -3.98. The first-order chi connectivity index (χ1) is 22.2. The van der Waals surface area contributed by atoms with Crippen molar-refractivity contribution >= 4 is 32.3 Å². The van der Waals surface area contributed by atoms with Crippen molar-refractivity contribution in [2.24, 2.45) is 0 Å². The topological polar surface area (TPSA) is 126 Å². The smallest absolute Gasteiger partial charge is 0.252 e. The highest BCUT2D eigenvalue weighted by molar-refractivity contribution is 7.91. The molecule has 0 atom stereocenters. The largest absolute Gasteiger partial charge is 0.496 e. The van der Waals surface area contributed by atoms with Gasteiger partial charge in [-0.15, -0.1) is 11.3 Å². The molecule has 0 N–H and O–H groups in total. The van der Waals surface area contributed by atoms with Crippen molar-refractivity contribution in [2.75, 3.05) is 74.9 Å². The number of fused-ring (bicyclic) bond motifs is 1. The minimum atomic E-state index is -3.44. The van der Waals surface area contributed by atoms with Crippen LogP contribution in [0.1, 0.15) is 12.8 Å². The molecule has 4 aromatic rings. The van der Waals surface area contributed by atoms with Crippen LogP contribution in [0.25, 0.3) is 22.3 Å². The molecule has 3 heterocycles. The molecular formula is C32H38N2O10S2. The van der Waals surface area contributed by atoms with Gasteiger partial charge in [0, 0.05) is 43.9 Å². The minimum Gasteiger partial charge on any atom is -0.496 e. The second-order valence-corrected chi connectivity index (χ2v) is 13.6. The van der Waals surface area contributed by atoms with E-state index in [9.17, 15) is 13.2 Å². The summed E-state index contributed by atoms with van der Waals surface area (Å²) in [5.41, 5.74) is 0.353. The molecule has 0 amide bonds. The number of nitrogens with zero attached hydrogens (tertiary/aromatic N) is 2. The van der Waals surface area contributed by atoms with Gasteiger partial charge in [-0.25, -0.2) is 8.42 Å². The number of thiophene rings is 1. The highest BCUT2D eigenvalue weighted by Gasteiger charge is 2.29. The third kappa shape index (κ3) is 6.75. The van der Waals surface area contributed by atoms with Crippen molar-refractivity contribution in [3.8, 4) is 45.8 Å². The summed E-state index contributed by atoms with van der Waals surface area (Å²) in [4.78, 5) is 16.2. The number of benzene rings is 2. The molecule has 0 radical (unpaired) electrons. The second kappa shape index (κ2) is 14.6. The van der Waals surface area contributed by atoms with E-state index in [2.05, 4.69) is 4.90 Å². The molecule has 0 unspecified atom stereocenters. The Labute approximate surface area is 272 Å². The normalized spacial score (nSPS) is 14.3. The van der Waals surface area contributed by atoms with Crippen LogP contribution >= 0.6 is 11.3 Å². The fourth-order valence-electron chi connectivity index (χ4n) is 5.40. The monoisotopic (exact) mass is 674 g/mol. The zero-order valence-electron chi connectivity index (χ0n) is 26.5. The van der Waals surface area contributed by atoms with Gasteiger partial charge in [-0.2, -0.15) is 4.31 Å². The predicted molar refractivity (Wildman–Crippen MR) is 175 cm³/mol. The second-order valence-electron chi connectivity index (χ2n) is 10.4. The Morgan fingerprint density at radius 1 is 0.826 bits per heavy atom. The van der Waals surface area contributed by atoms with Crippen LogP contribution in [0.3, 0.4) is 0 Å². The molecule has 1 saturated heterocycles. The van der Waals surface area contributed by atoms with Crippen molar-refractivity contribution < 1.29 is 41.3 Å². The van der Waals surface area contributed by atoms with Gasteiger partial charge in [0.15, 0.2) is 17.3 Å². The lowest BCUT2D eigenvalue weighted by molar-refractivity contribution is 0.181. The van der Waals surface area contributed by atoms with E-state index in [4.69, 9.17) is 32.8 Å². The van der Waals surface area contributed by atoms with Gasteiger partial charge in [0.2, 0.25) is 16.9 Å². The van der Waals surface area contributed by atoms with Gasteiger partial charge < -0.3 is 37.7 Å². The predicted octanol–water partition coefficient (Wildman–Crippen LogP) is 4.73. The molecular weight excluding hydrogens is 636 g/mol. The van der Waals surface area contributed by atoms with Crippen molar-refractivity contribution in [1.82, 2.24) is 9.21 Å². The molecule has 1 aliphatic heterocycles. The average Bonchev–Trinajstić information content (AvgIpc) is 3.64. The maximum absolute atomic E-state index is 14.0. The van der Waals surface area contributed by atoms with E-state index >= 15 is 0 Å². The number of hydrogen-bond donors (Lipinski definition) is 0. The van der Waals surface area contributed by atoms with Gasteiger partial charge in [-0.3, -0.25) is 4.79 Å². The van der Waals surface area contributed by atoms with Crippen LogP contribution in [-0.2, 0) is 10.0 Å². The highest BCUT2D eigenvalue weighted by atomic mass is 32.2. The molecule has 5 rings (SSSR count). The van der Waals surface area contributed by atoms with Crippen molar-refractivity contribution in [3.05, 3.63) is 52.0 Å². The zero-order valence-corrected chi connectivity index (χ0v) is 28.1. The highest BCUT2D eigenvalue weighted by Crippen LogP contribution is 2.44. The Bertz CT molecular complexity index is 1790. The maximum atomic E-state index is 14.0. The van der Waals surface area contributed by atoms with Crippen LogP contribution in [-0.4, -0.2) is 92.5 Å². The van der Waals surface area contributed by atoms with E-state index < -0.39 is 15.5 Å². The standard InChI is InChI=1S/C32H38N2O10S2/c1-38-22-19-23(39-2)28-24(20-22)44-30(21-17-25(40-3)31(42-5)26(18-21)41-4)32(29(28)35)43-15-7-6-10-33-11-13-34(14-12-33)46(36,37)27-9-8-16-45-27/h8-9,16-20H,6-7,10-15H2,1-5H3. The lowest BCUT2D eigenvalue weighted by Gasteiger charge is -2.33. The Balaban J connectivity index is 1.34. The van der Waals surface area contributed by atoms with Crippen LogP contribution in [0, 0.1) is 0 Å². The Morgan fingerprint density at radius 2 is 1.52 bits per heavy atom. The summed E-state index contributed by atoms with van der Waals surface area (Å²) in [6, 6.07) is 10.0. The molecule has 0 saturated carbocycles. The number of rotatable bonds is 14. The fraction of sp³-hybridized carbons (Fsp3) is 0.406. The fourth-order valence-corrected chi connectivity index (χ4v) is 7.96. The van der Waals surface area contributed by atoms with E-state index in [1.165, 1.54) is 46.9 Å². The number of sulfonamides is 1. The van der Waals surface area contributed by atoms with Crippen LogP contribution in [0.5, 0.6) is 34.5 Å². The molecule has 0 aliphatic carbocycles. The minimum absolute atomic E-state index is 0.0256. The molecule has 14 heteroatoms. The number of ether oxygens (including phenoxy) is 6. The lowest BCUT2D eigenvalue weighted by Crippen LogP contribution is -2.48. The molecule has 0 bridgehead atoms. The van der Waals surface area contributed by atoms with E-state index in [-0.39, 0.29) is 29.1 Å². The first kappa shape index (κ1) is 33.4. The number of unbranched alkanes of at least 4 members (excludes halogenated alkanes) is 1. The third-order valence-corrected chi connectivity index (χ3v) is 11.1. The van der Waals surface area contributed by atoms with Crippen LogP contribution in [0.15, 0.2) is 55.2 Å². The quantitative estimate of drug-likeness (QED) is 0.172. The first-order valence-electron chi connectivity index (χ1n) is 14.7. The molecule has 46 heavy (non-hydrogen) atoms. The molecule has 12 nitrogen and oxygen atoms in total. The van der Waals surface area contributed by atoms with E-state index in [0.717, 1.165) is 13.0 Å². The summed E-state index contributed by atoms with van der Waals surface area (Å²) in [5, 5.41) is 2.00. The van der Waals surface area contributed by atoms with Gasteiger partial charge in [0.05, 0.1) is 42.2 Å². The third-order valence-electron chi connectivity index (χ3n) is 7.81.